The summed E-state index contributed by atoms with van der Waals surface area (Å²) in [4.78, 5) is 0. The van der Waals surface area contributed by atoms with E-state index in [1.54, 1.807) is 51.6 Å². The minimum Gasteiger partial charge on any atom is -0.493 e. The first kappa shape index (κ1) is 23.2. The van der Waals surface area contributed by atoms with Crippen LogP contribution in [0, 0.1) is 5.82 Å². The molecule has 4 rings (SSSR count). The number of para-hydroxylation sites is 3. The number of allylic oxidation sites excluding steroid dienone is 1. The van der Waals surface area contributed by atoms with E-state index in [4.69, 9.17) is 24.0 Å². The SMILES string of the molecule is COc1cccc(/C=C/C2=NN(c3ccccc3F)[C@@H](c3cccc(OC)c3OC)C2)c1OC. The summed E-state index contributed by atoms with van der Waals surface area (Å²) in [6.07, 6.45) is 4.38. The van der Waals surface area contributed by atoms with Crippen LogP contribution in [0.2, 0.25) is 0 Å². The van der Waals surface area contributed by atoms with Crippen molar-refractivity contribution in [3.63, 3.8) is 0 Å². The number of benzene rings is 3. The summed E-state index contributed by atoms with van der Waals surface area (Å²) >= 11 is 0. The Hall–Kier alpha value is -4.00. The summed E-state index contributed by atoms with van der Waals surface area (Å²) in [6.45, 7) is 0. The first-order valence-corrected chi connectivity index (χ1v) is 10.8. The Kier molecular flexibility index (Phi) is 7.01. The van der Waals surface area contributed by atoms with Gasteiger partial charge in [0.1, 0.15) is 5.82 Å². The maximum Gasteiger partial charge on any atom is 0.167 e. The molecule has 0 saturated heterocycles. The molecule has 1 heterocycles. The molecule has 3 aromatic rings. The number of hydrazone groups is 1. The van der Waals surface area contributed by atoms with E-state index in [1.807, 2.05) is 48.6 Å². The number of methoxy groups -OCH3 is 4. The lowest BCUT2D eigenvalue weighted by atomic mass is 9.99. The third-order valence-electron chi connectivity index (χ3n) is 5.71. The lowest BCUT2D eigenvalue weighted by molar-refractivity contribution is 0.349. The molecule has 7 heteroatoms. The molecule has 0 bridgehead atoms. The molecule has 3 aromatic carbocycles. The van der Waals surface area contributed by atoms with E-state index in [0.717, 1.165) is 16.8 Å². The van der Waals surface area contributed by atoms with Gasteiger partial charge < -0.3 is 18.9 Å². The molecule has 176 valence electrons. The van der Waals surface area contributed by atoms with E-state index in [0.29, 0.717) is 35.1 Å². The maximum atomic E-state index is 14.8. The average Bonchev–Trinajstić information content (AvgIpc) is 3.30. The Morgan fingerprint density at radius 3 is 2.15 bits per heavy atom. The summed E-state index contributed by atoms with van der Waals surface area (Å²) in [6, 6.07) is 17.7. The quantitative estimate of drug-likeness (QED) is 0.418. The second-order valence-corrected chi connectivity index (χ2v) is 7.61. The molecule has 1 atom stereocenters. The van der Waals surface area contributed by atoms with Gasteiger partial charge in [-0.3, -0.25) is 5.01 Å². The molecule has 34 heavy (non-hydrogen) atoms. The topological polar surface area (TPSA) is 52.5 Å². The molecule has 0 unspecified atom stereocenters. The van der Waals surface area contributed by atoms with Gasteiger partial charge in [0.2, 0.25) is 0 Å². The van der Waals surface area contributed by atoms with Crippen molar-refractivity contribution in [1.82, 2.24) is 0 Å². The number of hydrogen-bond donors (Lipinski definition) is 0. The highest BCUT2D eigenvalue weighted by molar-refractivity contribution is 6.01. The van der Waals surface area contributed by atoms with Crippen LogP contribution in [0.3, 0.4) is 0 Å². The van der Waals surface area contributed by atoms with Crippen LogP contribution in [-0.4, -0.2) is 34.2 Å². The van der Waals surface area contributed by atoms with Gasteiger partial charge >= 0.3 is 0 Å². The summed E-state index contributed by atoms with van der Waals surface area (Å²) in [7, 11) is 6.40. The van der Waals surface area contributed by atoms with Gasteiger partial charge in [0.15, 0.2) is 23.0 Å². The summed E-state index contributed by atoms with van der Waals surface area (Å²) in [5.41, 5.74) is 2.88. The van der Waals surface area contributed by atoms with E-state index in [-0.39, 0.29) is 11.9 Å². The normalized spacial score (nSPS) is 15.4. The fourth-order valence-corrected chi connectivity index (χ4v) is 4.14. The van der Waals surface area contributed by atoms with Crippen molar-refractivity contribution in [2.75, 3.05) is 33.4 Å². The molecule has 0 fully saturated rings. The van der Waals surface area contributed by atoms with Gasteiger partial charge in [-0.2, -0.15) is 5.10 Å². The van der Waals surface area contributed by atoms with E-state index in [9.17, 15) is 4.39 Å². The Bertz CT molecular complexity index is 1230. The van der Waals surface area contributed by atoms with Gasteiger partial charge in [0.25, 0.3) is 0 Å². The van der Waals surface area contributed by atoms with Crippen LogP contribution in [0.5, 0.6) is 23.0 Å². The summed E-state index contributed by atoms with van der Waals surface area (Å²) in [5, 5.41) is 6.48. The van der Waals surface area contributed by atoms with Crippen LogP contribution in [-0.2, 0) is 0 Å². The summed E-state index contributed by atoms with van der Waals surface area (Å²) in [5.74, 6) is 2.14. The zero-order valence-corrected chi connectivity index (χ0v) is 19.6. The lowest BCUT2D eigenvalue weighted by Gasteiger charge is -2.26. The molecule has 1 aliphatic rings. The number of hydrogen-bond acceptors (Lipinski definition) is 6. The third-order valence-corrected chi connectivity index (χ3v) is 5.71. The van der Waals surface area contributed by atoms with Gasteiger partial charge in [0.05, 0.1) is 45.9 Å². The highest BCUT2D eigenvalue weighted by Gasteiger charge is 2.32. The molecular formula is C27H27FN2O4. The molecular weight excluding hydrogens is 435 g/mol. The number of halogens is 1. The molecule has 0 aromatic heterocycles. The Morgan fingerprint density at radius 1 is 0.794 bits per heavy atom. The van der Waals surface area contributed by atoms with Crippen molar-refractivity contribution in [3.8, 4) is 23.0 Å². The summed E-state index contributed by atoms with van der Waals surface area (Å²) < 4.78 is 36.9. The average molecular weight is 463 g/mol. The van der Waals surface area contributed by atoms with Crippen molar-refractivity contribution in [3.05, 3.63) is 83.7 Å². The predicted octanol–water partition coefficient (Wildman–Crippen LogP) is 5.88. The first-order chi connectivity index (χ1) is 16.6. The van der Waals surface area contributed by atoms with Crippen molar-refractivity contribution >= 4 is 17.5 Å². The van der Waals surface area contributed by atoms with Crippen LogP contribution in [0.1, 0.15) is 23.6 Å². The molecule has 0 spiro atoms. The van der Waals surface area contributed by atoms with E-state index >= 15 is 0 Å². The predicted molar refractivity (Wildman–Crippen MR) is 132 cm³/mol. The van der Waals surface area contributed by atoms with Crippen LogP contribution < -0.4 is 24.0 Å². The number of nitrogens with zero attached hydrogens (tertiary/aromatic N) is 2. The molecule has 0 aliphatic carbocycles. The monoisotopic (exact) mass is 462 g/mol. The molecule has 0 amide bonds. The first-order valence-electron chi connectivity index (χ1n) is 10.8. The largest absolute Gasteiger partial charge is 0.493 e. The molecule has 1 aliphatic heterocycles. The lowest BCUT2D eigenvalue weighted by Crippen LogP contribution is -2.20. The Labute approximate surface area is 198 Å². The van der Waals surface area contributed by atoms with Gasteiger partial charge in [-0.05, 0) is 36.4 Å². The van der Waals surface area contributed by atoms with Crippen LogP contribution in [0.4, 0.5) is 10.1 Å². The van der Waals surface area contributed by atoms with Crippen LogP contribution in [0.25, 0.3) is 6.08 Å². The van der Waals surface area contributed by atoms with Gasteiger partial charge in [-0.25, -0.2) is 4.39 Å². The number of anilines is 1. The van der Waals surface area contributed by atoms with Gasteiger partial charge in [0, 0.05) is 17.5 Å². The third kappa shape index (κ3) is 4.41. The second kappa shape index (κ2) is 10.3. The Morgan fingerprint density at radius 2 is 1.47 bits per heavy atom. The number of ether oxygens (including phenoxy) is 4. The zero-order chi connectivity index (χ0) is 24.1. The van der Waals surface area contributed by atoms with Crippen molar-refractivity contribution in [1.29, 1.82) is 0 Å². The molecule has 0 radical (unpaired) electrons. The fourth-order valence-electron chi connectivity index (χ4n) is 4.14. The maximum absolute atomic E-state index is 14.8. The zero-order valence-electron chi connectivity index (χ0n) is 19.6. The standard InChI is InChI=1S/C27H27FN2O4/c1-31-24-13-7-9-18(26(24)33-3)15-16-19-17-23(20-10-8-14-25(32-2)27(20)34-4)30(29-19)22-12-6-5-11-21(22)28/h5-16,23H,17H2,1-4H3/b16-15+/t23-/m1/s1. The highest BCUT2D eigenvalue weighted by atomic mass is 19.1. The van der Waals surface area contributed by atoms with E-state index < -0.39 is 0 Å². The molecule has 6 nitrogen and oxygen atoms in total. The number of rotatable bonds is 8. The molecule has 0 N–H and O–H groups in total. The fraction of sp³-hybridized carbons (Fsp3) is 0.222. The Balaban J connectivity index is 1.75. The van der Waals surface area contributed by atoms with Crippen LogP contribution >= 0.6 is 0 Å². The smallest absolute Gasteiger partial charge is 0.167 e. The van der Waals surface area contributed by atoms with Gasteiger partial charge in [-0.1, -0.05) is 36.4 Å². The van der Waals surface area contributed by atoms with E-state index in [2.05, 4.69) is 0 Å². The van der Waals surface area contributed by atoms with E-state index in [1.165, 1.54) is 6.07 Å². The van der Waals surface area contributed by atoms with Crippen LogP contribution in [0.15, 0.2) is 71.8 Å². The van der Waals surface area contributed by atoms with Crippen molar-refractivity contribution in [2.45, 2.75) is 12.5 Å². The van der Waals surface area contributed by atoms with Gasteiger partial charge in [-0.15, -0.1) is 0 Å². The molecule has 0 saturated carbocycles. The van der Waals surface area contributed by atoms with Crippen molar-refractivity contribution < 1.29 is 23.3 Å². The highest BCUT2D eigenvalue weighted by Crippen LogP contribution is 2.43. The second-order valence-electron chi connectivity index (χ2n) is 7.61. The van der Waals surface area contributed by atoms with Crippen molar-refractivity contribution in [2.24, 2.45) is 5.10 Å². The minimum atomic E-state index is -0.349. The minimum absolute atomic E-state index is 0.284.